The third-order valence-corrected chi connectivity index (χ3v) is 5.45. The second-order valence-corrected chi connectivity index (χ2v) is 7.09. The lowest BCUT2D eigenvalue weighted by atomic mass is 9.83. The van der Waals surface area contributed by atoms with Crippen LogP contribution in [0.2, 0.25) is 0 Å². The van der Waals surface area contributed by atoms with Crippen molar-refractivity contribution < 1.29 is 9.47 Å². The van der Waals surface area contributed by atoms with Gasteiger partial charge >= 0.3 is 0 Å². The van der Waals surface area contributed by atoms with Gasteiger partial charge in [0.25, 0.3) is 0 Å². The smallest absolute Gasteiger partial charge is 0.122 e. The Labute approximate surface area is 149 Å². The lowest BCUT2D eigenvalue weighted by molar-refractivity contribution is -0.128. The van der Waals surface area contributed by atoms with Crippen molar-refractivity contribution in [3.05, 3.63) is 47.8 Å². The quantitative estimate of drug-likeness (QED) is 0.838. The van der Waals surface area contributed by atoms with Gasteiger partial charge in [-0.3, -0.25) is 9.58 Å². The van der Waals surface area contributed by atoms with Crippen molar-refractivity contribution in [2.45, 2.75) is 51.0 Å². The fourth-order valence-corrected chi connectivity index (χ4v) is 4.37. The summed E-state index contributed by atoms with van der Waals surface area (Å²) in [7, 11) is 1.76. The molecule has 4 rings (SSSR count). The molecule has 5 nitrogen and oxygen atoms in total. The molecule has 1 aliphatic heterocycles. The fraction of sp³-hybridized carbons (Fsp3) is 0.550. The molecule has 0 spiro atoms. The second-order valence-electron chi connectivity index (χ2n) is 7.09. The summed E-state index contributed by atoms with van der Waals surface area (Å²) in [5.41, 5.74) is 2.73. The van der Waals surface area contributed by atoms with Gasteiger partial charge in [0.2, 0.25) is 0 Å². The SMILES string of the molecule is CCCN1C[C@@H](Cn2cccn2)O[C@H]2Cc3c(cccc3OC)CC21. The van der Waals surface area contributed by atoms with Gasteiger partial charge in [0, 0.05) is 31.4 Å². The van der Waals surface area contributed by atoms with Crippen molar-refractivity contribution in [3.8, 4) is 5.75 Å². The van der Waals surface area contributed by atoms with E-state index >= 15 is 0 Å². The Morgan fingerprint density at radius 2 is 2.20 bits per heavy atom. The topological polar surface area (TPSA) is 39.5 Å². The molecular weight excluding hydrogens is 314 g/mol. The minimum atomic E-state index is 0.184. The van der Waals surface area contributed by atoms with Crippen LogP contribution in [0.3, 0.4) is 0 Å². The normalized spacial score (nSPS) is 26.1. The van der Waals surface area contributed by atoms with Gasteiger partial charge in [-0.05, 0) is 42.6 Å². The Morgan fingerprint density at radius 3 is 2.96 bits per heavy atom. The molecule has 5 heteroatoms. The Bertz CT molecular complexity index is 701. The molecule has 1 aliphatic carbocycles. The molecule has 0 N–H and O–H groups in total. The molecule has 2 aliphatic rings. The number of hydrogen-bond donors (Lipinski definition) is 0. The number of rotatable bonds is 5. The van der Waals surface area contributed by atoms with E-state index in [4.69, 9.17) is 9.47 Å². The van der Waals surface area contributed by atoms with Crippen LogP contribution >= 0.6 is 0 Å². The molecule has 2 heterocycles. The first kappa shape index (κ1) is 16.6. The Balaban J connectivity index is 1.58. The van der Waals surface area contributed by atoms with Crippen molar-refractivity contribution in [1.82, 2.24) is 14.7 Å². The molecule has 1 unspecified atom stereocenters. The second kappa shape index (κ2) is 7.18. The minimum Gasteiger partial charge on any atom is -0.496 e. The maximum Gasteiger partial charge on any atom is 0.122 e. The van der Waals surface area contributed by atoms with Gasteiger partial charge in [-0.1, -0.05) is 19.1 Å². The fourth-order valence-electron chi connectivity index (χ4n) is 4.37. The standard InChI is InChI=1S/C20H27N3O2/c1-3-9-22-13-16(14-23-10-5-8-21-23)25-20-12-17-15(11-18(20)22)6-4-7-19(17)24-2/h4-8,10,16,18,20H,3,9,11-14H2,1-2H3/t16-,18?,20-/m0/s1. The van der Waals surface area contributed by atoms with E-state index in [2.05, 4.69) is 35.1 Å². The molecule has 1 fully saturated rings. The predicted octanol–water partition coefficient (Wildman–Crippen LogP) is 2.54. The first-order chi connectivity index (χ1) is 12.3. The van der Waals surface area contributed by atoms with Gasteiger partial charge in [0.15, 0.2) is 0 Å². The summed E-state index contributed by atoms with van der Waals surface area (Å²) in [6.07, 6.45) is 7.40. The summed E-state index contributed by atoms with van der Waals surface area (Å²) in [5, 5.41) is 4.35. The number of morpholine rings is 1. The van der Waals surface area contributed by atoms with Crippen molar-refractivity contribution in [2.24, 2.45) is 0 Å². The van der Waals surface area contributed by atoms with E-state index in [9.17, 15) is 0 Å². The zero-order valence-electron chi connectivity index (χ0n) is 15.1. The lowest BCUT2D eigenvalue weighted by Crippen LogP contribution is -2.58. The van der Waals surface area contributed by atoms with Gasteiger partial charge in [-0.2, -0.15) is 5.10 Å². The largest absolute Gasteiger partial charge is 0.496 e. The van der Waals surface area contributed by atoms with Crippen LogP contribution in [0, 0.1) is 0 Å². The number of hydrogen-bond acceptors (Lipinski definition) is 4. The maximum absolute atomic E-state index is 6.54. The molecular formula is C20H27N3O2. The zero-order chi connectivity index (χ0) is 17.2. The van der Waals surface area contributed by atoms with E-state index in [0.29, 0.717) is 6.04 Å². The van der Waals surface area contributed by atoms with E-state index in [0.717, 1.165) is 38.2 Å². The maximum atomic E-state index is 6.54. The molecule has 0 radical (unpaired) electrons. The Hall–Kier alpha value is -1.85. The van der Waals surface area contributed by atoms with E-state index in [1.165, 1.54) is 17.5 Å². The van der Waals surface area contributed by atoms with Crippen LogP contribution < -0.4 is 4.74 Å². The molecule has 0 amide bonds. The van der Waals surface area contributed by atoms with Gasteiger partial charge in [-0.15, -0.1) is 0 Å². The van der Waals surface area contributed by atoms with Crippen molar-refractivity contribution in [1.29, 1.82) is 0 Å². The number of benzene rings is 1. The molecule has 0 bridgehead atoms. The monoisotopic (exact) mass is 341 g/mol. The van der Waals surface area contributed by atoms with Gasteiger partial charge in [0.05, 0.1) is 25.9 Å². The van der Waals surface area contributed by atoms with Gasteiger partial charge in [0.1, 0.15) is 5.75 Å². The Morgan fingerprint density at radius 1 is 1.28 bits per heavy atom. The molecule has 2 aromatic rings. The van der Waals surface area contributed by atoms with Crippen LogP contribution in [0.5, 0.6) is 5.75 Å². The van der Waals surface area contributed by atoms with Crippen LogP contribution in [0.1, 0.15) is 24.5 Å². The summed E-state index contributed by atoms with van der Waals surface area (Å²) in [4.78, 5) is 2.63. The minimum absolute atomic E-state index is 0.184. The summed E-state index contributed by atoms with van der Waals surface area (Å²) < 4.78 is 14.1. The molecule has 3 atom stereocenters. The van der Waals surface area contributed by atoms with E-state index in [1.807, 2.05) is 23.1 Å². The molecule has 0 saturated carbocycles. The van der Waals surface area contributed by atoms with Crippen LogP contribution in [0.25, 0.3) is 0 Å². The molecule has 1 saturated heterocycles. The molecule has 25 heavy (non-hydrogen) atoms. The highest BCUT2D eigenvalue weighted by Gasteiger charge is 2.40. The van der Waals surface area contributed by atoms with E-state index < -0.39 is 0 Å². The zero-order valence-corrected chi connectivity index (χ0v) is 15.1. The third kappa shape index (κ3) is 3.31. The van der Waals surface area contributed by atoms with Crippen molar-refractivity contribution in [2.75, 3.05) is 20.2 Å². The van der Waals surface area contributed by atoms with Crippen LogP contribution in [0.15, 0.2) is 36.7 Å². The number of fused-ring (bicyclic) bond motifs is 2. The first-order valence-electron chi connectivity index (χ1n) is 9.30. The summed E-state index contributed by atoms with van der Waals surface area (Å²) in [6.45, 7) is 5.18. The number of aromatic nitrogens is 2. The average molecular weight is 341 g/mol. The highest BCUT2D eigenvalue weighted by atomic mass is 16.5. The summed E-state index contributed by atoms with van der Waals surface area (Å²) in [6, 6.07) is 8.85. The van der Waals surface area contributed by atoms with Crippen LogP contribution in [-0.2, 0) is 24.1 Å². The van der Waals surface area contributed by atoms with Crippen LogP contribution in [0.4, 0.5) is 0 Å². The molecule has 134 valence electrons. The summed E-state index contributed by atoms with van der Waals surface area (Å²) in [5.74, 6) is 0.996. The average Bonchev–Trinajstić information content (AvgIpc) is 3.13. The van der Waals surface area contributed by atoms with E-state index in [-0.39, 0.29) is 12.2 Å². The number of nitrogens with zero attached hydrogens (tertiary/aromatic N) is 3. The number of methoxy groups -OCH3 is 1. The Kier molecular flexibility index (Phi) is 4.77. The van der Waals surface area contributed by atoms with Gasteiger partial charge in [-0.25, -0.2) is 0 Å². The highest BCUT2D eigenvalue weighted by Crippen LogP contribution is 2.35. The van der Waals surface area contributed by atoms with Gasteiger partial charge < -0.3 is 9.47 Å². The third-order valence-electron chi connectivity index (χ3n) is 5.45. The molecule has 1 aromatic carbocycles. The van der Waals surface area contributed by atoms with E-state index in [1.54, 1.807) is 7.11 Å². The molecule has 1 aromatic heterocycles. The van der Waals surface area contributed by atoms with Crippen LogP contribution in [-0.4, -0.2) is 53.1 Å². The lowest BCUT2D eigenvalue weighted by Gasteiger charge is -2.47. The van der Waals surface area contributed by atoms with Crippen molar-refractivity contribution in [3.63, 3.8) is 0 Å². The number of ether oxygens (including phenoxy) is 2. The predicted molar refractivity (Wildman–Crippen MR) is 96.9 cm³/mol. The first-order valence-corrected chi connectivity index (χ1v) is 9.30. The van der Waals surface area contributed by atoms with Crippen molar-refractivity contribution >= 4 is 0 Å². The highest BCUT2D eigenvalue weighted by molar-refractivity contribution is 5.43. The summed E-state index contributed by atoms with van der Waals surface area (Å²) >= 11 is 0.